The SMILES string of the molecule is CCOc1cccc(-c2c(C(=O)NN=Cc3cc(Cl)ccc3O)nnn2-c2nonc2N)c1. The fraction of sp³-hybridized carbons (Fsp3) is 0.100. The van der Waals surface area contributed by atoms with E-state index in [-0.39, 0.29) is 28.8 Å². The van der Waals surface area contributed by atoms with Gasteiger partial charge in [-0.1, -0.05) is 28.9 Å². The molecule has 0 spiro atoms. The lowest BCUT2D eigenvalue weighted by Gasteiger charge is -2.08. The molecule has 13 heteroatoms. The van der Waals surface area contributed by atoms with Crippen LogP contribution in [0, 0.1) is 0 Å². The summed E-state index contributed by atoms with van der Waals surface area (Å²) in [6.45, 7) is 2.31. The number of hydrogen-bond donors (Lipinski definition) is 3. The van der Waals surface area contributed by atoms with Crippen molar-refractivity contribution >= 4 is 29.5 Å². The lowest BCUT2D eigenvalue weighted by Crippen LogP contribution is -2.19. The molecule has 33 heavy (non-hydrogen) atoms. The molecule has 0 aliphatic rings. The number of aromatic nitrogens is 5. The van der Waals surface area contributed by atoms with E-state index < -0.39 is 5.91 Å². The molecule has 2 aromatic heterocycles. The second kappa shape index (κ2) is 9.36. The Kier molecular flexibility index (Phi) is 6.17. The molecule has 168 valence electrons. The number of benzene rings is 2. The second-order valence-corrected chi connectivity index (χ2v) is 6.97. The summed E-state index contributed by atoms with van der Waals surface area (Å²) in [5.41, 5.74) is 9.23. The summed E-state index contributed by atoms with van der Waals surface area (Å²) in [7, 11) is 0. The number of aromatic hydroxyl groups is 1. The Bertz CT molecular complexity index is 1330. The van der Waals surface area contributed by atoms with Gasteiger partial charge >= 0.3 is 0 Å². The van der Waals surface area contributed by atoms with Crippen molar-refractivity contribution in [3.63, 3.8) is 0 Å². The minimum Gasteiger partial charge on any atom is -0.507 e. The Balaban J connectivity index is 1.71. The second-order valence-electron chi connectivity index (χ2n) is 6.53. The molecule has 1 amide bonds. The summed E-state index contributed by atoms with van der Waals surface area (Å²) in [6.07, 6.45) is 1.25. The molecule has 12 nitrogen and oxygen atoms in total. The lowest BCUT2D eigenvalue weighted by atomic mass is 10.1. The summed E-state index contributed by atoms with van der Waals surface area (Å²) < 4.78 is 11.4. The average Bonchev–Trinajstić information content (AvgIpc) is 3.42. The highest BCUT2D eigenvalue weighted by Gasteiger charge is 2.25. The molecule has 4 N–H and O–H groups in total. The van der Waals surface area contributed by atoms with Gasteiger partial charge in [-0.2, -0.15) is 9.78 Å². The zero-order valence-electron chi connectivity index (χ0n) is 17.1. The van der Waals surface area contributed by atoms with Crippen LogP contribution in [0.2, 0.25) is 5.02 Å². The predicted molar refractivity (Wildman–Crippen MR) is 118 cm³/mol. The van der Waals surface area contributed by atoms with Crippen LogP contribution in [0.15, 0.2) is 52.2 Å². The summed E-state index contributed by atoms with van der Waals surface area (Å²) in [5, 5.41) is 29.4. The van der Waals surface area contributed by atoms with Crippen LogP contribution in [-0.4, -0.2) is 49.1 Å². The van der Waals surface area contributed by atoms with Crippen molar-refractivity contribution in [1.82, 2.24) is 30.7 Å². The van der Waals surface area contributed by atoms with Crippen molar-refractivity contribution in [2.24, 2.45) is 5.10 Å². The third kappa shape index (κ3) is 4.60. The largest absolute Gasteiger partial charge is 0.507 e. The number of phenols is 1. The van der Waals surface area contributed by atoms with Crippen molar-refractivity contribution in [3.8, 4) is 28.6 Å². The molecule has 0 saturated heterocycles. The van der Waals surface area contributed by atoms with Crippen LogP contribution in [0.3, 0.4) is 0 Å². The molecule has 4 rings (SSSR count). The van der Waals surface area contributed by atoms with Gasteiger partial charge in [-0.15, -0.1) is 5.10 Å². The quantitative estimate of drug-likeness (QED) is 0.272. The molecule has 0 fully saturated rings. The van der Waals surface area contributed by atoms with Gasteiger partial charge in [0, 0.05) is 16.1 Å². The van der Waals surface area contributed by atoms with Gasteiger partial charge in [-0.25, -0.2) is 10.1 Å². The first-order chi connectivity index (χ1) is 16.0. The topological polar surface area (TPSA) is 167 Å². The van der Waals surface area contributed by atoms with Crippen LogP contribution in [0.5, 0.6) is 11.5 Å². The molecular formula is C20H17ClN8O4. The van der Waals surface area contributed by atoms with E-state index in [2.05, 4.69) is 35.8 Å². The van der Waals surface area contributed by atoms with Gasteiger partial charge in [0.15, 0.2) is 5.69 Å². The number of nitrogens with one attached hydrogen (secondary N) is 1. The van der Waals surface area contributed by atoms with E-state index >= 15 is 0 Å². The monoisotopic (exact) mass is 468 g/mol. The number of ether oxygens (including phenoxy) is 1. The number of phenolic OH excluding ortho intramolecular Hbond substituents is 1. The number of nitrogens with zero attached hydrogens (tertiary/aromatic N) is 6. The fourth-order valence-corrected chi connectivity index (χ4v) is 3.10. The molecule has 0 saturated carbocycles. The van der Waals surface area contributed by atoms with E-state index in [0.717, 1.165) is 0 Å². The van der Waals surface area contributed by atoms with Crippen molar-refractivity contribution in [2.45, 2.75) is 6.92 Å². The first-order valence-corrected chi connectivity index (χ1v) is 9.95. The van der Waals surface area contributed by atoms with E-state index in [0.29, 0.717) is 28.5 Å². The van der Waals surface area contributed by atoms with Gasteiger partial charge in [-0.3, -0.25) is 4.79 Å². The maximum absolute atomic E-state index is 12.9. The van der Waals surface area contributed by atoms with Crippen LogP contribution in [0.25, 0.3) is 17.1 Å². The average molecular weight is 469 g/mol. The molecule has 0 radical (unpaired) electrons. The molecule has 0 atom stereocenters. The molecular weight excluding hydrogens is 452 g/mol. The van der Waals surface area contributed by atoms with Crippen molar-refractivity contribution in [1.29, 1.82) is 0 Å². The van der Waals surface area contributed by atoms with E-state index in [1.165, 1.54) is 29.1 Å². The van der Waals surface area contributed by atoms with Gasteiger partial charge in [0.1, 0.15) is 17.2 Å². The highest BCUT2D eigenvalue weighted by molar-refractivity contribution is 6.30. The van der Waals surface area contributed by atoms with Gasteiger partial charge in [0.05, 0.1) is 12.8 Å². The first-order valence-electron chi connectivity index (χ1n) is 9.57. The summed E-state index contributed by atoms with van der Waals surface area (Å²) in [5.74, 6) is -0.124. The molecule has 4 aromatic rings. The predicted octanol–water partition coefficient (Wildman–Crippen LogP) is 2.42. The minimum atomic E-state index is -0.675. The highest BCUT2D eigenvalue weighted by Crippen LogP contribution is 2.29. The number of halogens is 1. The van der Waals surface area contributed by atoms with Crippen LogP contribution in [0.4, 0.5) is 5.82 Å². The Morgan fingerprint density at radius 2 is 2.18 bits per heavy atom. The number of carbonyl (C=O) groups is 1. The van der Waals surface area contributed by atoms with Crippen LogP contribution in [-0.2, 0) is 0 Å². The van der Waals surface area contributed by atoms with E-state index in [9.17, 15) is 9.90 Å². The minimum absolute atomic E-state index is 0.0384. The number of hydrazone groups is 1. The van der Waals surface area contributed by atoms with E-state index in [4.69, 9.17) is 22.1 Å². The lowest BCUT2D eigenvalue weighted by molar-refractivity contribution is 0.0950. The third-order valence-electron chi connectivity index (χ3n) is 4.36. The standard InChI is InChI=1S/C20H17ClN8O4/c1-2-32-14-5-3-4-11(9-14)17-16(24-28-29(17)19-18(22)26-33-27-19)20(31)25-23-10-12-8-13(21)6-7-15(12)30/h3-10,30H,2H2,1H3,(H2,22,26)(H,25,31). The van der Waals surface area contributed by atoms with Gasteiger partial charge < -0.3 is 15.6 Å². The molecule has 2 aromatic carbocycles. The maximum atomic E-state index is 12.9. The molecule has 0 aliphatic heterocycles. The zero-order chi connectivity index (χ0) is 23.4. The van der Waals surface area contributed by atoms with Gasteiger partial charge in [-0.05, 0) is 47.6 Å². The number of carbonyl (C=O) groups excluding carboxylic acids is 1. The molecule has 0 aliphatic carbocycles. The Hall–Kier alpha value is -4.45. The van der Waals surface area contributed by atoms with E-state index in [1.54, 1.807) is 24.3 Å². The summed E-state index contributed by atoms with van der Waals surface area (Å²) in [4.78, 5) is 12.9. The van der Waals surface area contributed by atoms with Crippen LogP contribution < -0.4 is 15.9 Å². The first kappa shape index (κ1) is 21.8. The van der Waals surface area contributed by atoms with Crippen LogP contribution in [0.1, 0.15) is 23.0 Å². The number of rotatable bonds is 7. The third-order valence-corrected chi connectivity index (χ3v) is 4.59. The normalized spacial score (nSPS) is 11.1. The van der Waals surface area contributed by atoms with Gasteiger partial charge in [0.25, 0.3) is 5.91 Å². The molecule has 2 heterocycles. The smallest absolute Gasteiger partial charge is 0.294 e. The van der Waals surface area contributed by atoms with Crippen molar-refractivity contribution in [3.05, 3.63) is 58.7 Å². The number of nitrogen functional groups attached to an aromatic ring is 1. The Morgan fingerprint density at radius 1 is 1.33 bits per heavy atom. The van der Waals surface area contributed by atoms with Gasteiger partial charge in [0.2, 0.25) is 11.6 Å². The summed E-state index contributed by atoms with van der Waals surface area (Å²) >= 11 is 5.92. The summed E-state index contributed by atoms with van der Waals surface area (Å²) in [6, 6.07) is 11.4. The Labute approximate surface area is 191 Å². The van der Waals surface area contributed by atoms with Crippen LogP contribution >= 0.6 is 11.6 Å². The zero-order valence-corrected chi connectivity index (χ0v) is 17.9. The van der Waals surface area contributed by atoms with Crippen molar-refractivity contribution < 1.29 is 19.3 Å². The number of nitrogens with two attached hydrogens (primary N) is 1. The number of amides is 1. The molecule has 0 unspecified atom stereocenters. The van der Waals surface area contributed by atoms with Crippen molar-refractivity contribution in [2.75, 3.05) is 12.3 Å². The number of anilines is 1. The number of hydrogen-bond acceptors (Lipinski definition) is 10. The van der Waals surface area contributed by atoms with E-state index in [1.807, 2.05) is 6.92 Å². The molecule has 0 bridgehead atoms. The highest BCUT2D eigenvalue weighted by atomic mass is 35.5. The fourth-order valence-electron chi connectivity index (χ4n) is 2.92. The Morgan fingerprint density at radius 3 is 2.94 bits per heavy atom. The maximum Gasteiger partial charge on any atom is 0.294 e.